The van der Waals surface area contributed by atoms with Gasteiger partial charge in [-0.05, 0) is 37.1 Å². The predicted octanol–water partition coefficient (Wildman–Crippen LogP) is 3.13. The standard InChI is InChI=1S/C22H21ClN4O3/c1-3-15-8-4-6-10-17(15)25-20(29)13-24-22(30)21-19(28)12-14(2)27(26-21)18-11-7-5-9-16(18)23/h4-12H,3,13H2,1-2H3,(H,24,30)(H,25,29). The van der Waals surface area contributed by atoms with Crippen molar-refractivity contribution in [2.45, 2.75) is 20.3 Å². The van der Waals surface area contributed by atoms with Gasteiger partial charge < -0.3 is 10.6 Å². The van der Waals surface area contributed by atoms with E-state index in [1.807, 2.05) is 25.1 Å². The molecule has 0 bridgehead atoms. The molecule has 0 radical (unpaired) electrons. The van der Waals surface area contributed by atoms with Crippen molar-refractivity contribution in [3.8, 4) is 5.69 Å². The second-order valence-electron chi connectivity index (χ2n) is 6.60. The maximum Gasteiger partial charge on any atom is 0.276 e. The van der Waals surface area contributed by atoms with Gasteiger partial charge in [0.2, 0.25) is 11.3 Å². The molecule has 0 unspecified atom stereocenters. The summed E-state index contributed by atoms with van der Waals surface area (Å²) in [6.45, 7) is 3.38. The molecule has 1 heterocycles. The fraction of sp³-hybridized carbons (Fsp3) is 0.182. The number of hydrogen-bond acceptors (Lipinski definition) is 4. The Kier molecular flexibility index (Phi) is 6.64. The third-order valence-corrected chi connectivity index (χ3v) is 4.80. The Labute approximate surface area is 178 Å². The van der Waals surface area contributed by atoms with Crippen molar-refractivity contribution in [1.29, 1.82) is 0 Å². The number of anilines is 1. The summed E-state index contributed by atoms with van der Waals surface area (Å²) >= 11 is 6.21. The number of benzene rings is 2. The molecule has 2 aromatic carbocycles. The second kappa shape index (κ2) is 9.37. The van der Waals surface area contributed by atoms with Crippen LogP contribution in [-0.4, -0.2) is 28.1 Å². The Bertz CT molecular complexity index is 1160. The fourth-order valence-corrected chi connectivity index (χ4v) is 3.18. The van der Waals surface area contributed by atoms with E-state index in [2.05, 4.69) is 15.7 Å². The van der Waals surface area contributed by atoms with Gasteiger partial charge in [-0.1, -0.05) is 48.9 Å². The molecule has 8 heteroatoms. The van der Waals surface area contributed by atoms with Crippen LogP contribution in [0.25, 0.3) is 5.69 Å². The van der Waals surface area contributed by atoms with E-state index in [1.165, 1.54) is 10.7 Å². The van der Waals surface area contributed by atoms with E-state index in [0.717, 1.165) is 12.0 Å². The summed E-state index contributed by atoms with van der Waals surface area (Å²) in [4.78, 5) is 37.1. The Morgan fingerprint density at radius 2 is 1.80 bits per heavy atom. The highest BCUT2D eigenvalue weighted by molar-refractivity contribution is 6.32. The number of hydrogen-bond donors (Lipinski definition) is 2. The van der Waals surface area contributed by atoms with Gasteiger partial charge in [-0.25, -0.2) is 4.68 Å². The van der Waals surface area contributed by atoms with Crippen molar-refractivity contribution < 1.29 is 9.59 Å². The van der Waals surface area contributed by atoms with Crippen molar-refractivity contribution in [2.24, 2.45) is 0 Å². The molecule has 2 N–H and O–H groups in total. The molecule has 0 spiro atoms. The normalized spacial score (nSPS) is 10.5. The van der Waals surface area contributed by atoms with Crippen LogP contribution in [0.1, 0.15) is 28.7 Å². The lowest BCUT2D eigenvalue weighted by molar-refractivity contribution is -0.115. The molecular weight excluding hydrogens is 404 g/mol. The molecule has 0 atom stereocenters. The highest BCUT2D eigenvalue weighted by atomic mass is 35.5. The number of aromatic nitrogens is 2. The number of para-hydroxylation sites is 2. The van der Waals surface area contributed by atoms with Crippen LogP contribution in [-0.2, 0) is 11.2 Å². The number of halogens is 1. The molecule has 0 saturated heterocycles. The Morgan fingerprint density at radius 1 is 1.10 bits per heavy atom. The van der Waals surface area contributed by atoms with Gasteiger partial charge in [0.25, 0.3) is 5.91 Å². The van der Waals surface area contributed by atoms with Gasteiger partial charge in [0.1, 0.15) is 0 Å². The minimum absolute atomic E-state index is 0.294. The van der Waals surface area contributed by atoms with E-state index in [0.29, 0.717) is 22.1 Å². The zero-order chi connectivity index (χ0) is 21.7. The van der Waals surface area contributed by atoms with Crippen LogP contribution >= 0.6 is 11.6 Å². The highest BCUT2D eigenvalue weighted by Gasteiger charge is 2.17. The van der Waals surface area contributed by atoms with E-state index >= 15 is 0 Å². The van der Waals surface area contributed by atoms with Gasteiger partial charge in [0.15, 0.2) is 5.69 Å². The van der Waals surface area contributed by atoms with Gasteiger partial charge in [0.05, 0.1) is 17.3 Å². The van der Waals surface area contributed by atoms with Crippen LogP contribution in [0.2, 0.25) is 5.02 Å². The summed E-state index contributed by atoms with van der Waals surface area (Å²) < 4.78 is 1.43. The highest BCUT2D eigenvalue weighted by Crippen LogP contribution is 2.19. The molecule has 1 aromatic heterocycles. The van der Waals surface area contributed by atoms with Crippen LogP contribution in [0.15, 0.2) is 59.4 Å². The van der Waals surface area contributed by atoms with E-state index in [1.54, 1.807) is 37.3 Å². The van der Waals surface area contributed by atoms with Gasteiger partial charge in [-0.2, -0.15) is 5.10 Å². The summed E-state index contributed by atoms with van der Waals surface area (Å²) in [6, 6.07) is 15.7. The zero-order valence-corrected chi connectivity index (χ0v) is 17.4. The summed E-state index contributed by atoms with van der Waals surface area (Å²) in [5, 5.41) is 9.81. The SMILES string of the molecule is CCc1ccccc1NC(=O)CNC(=O)c1nn(-c2ccccc2Cl)c(C)cc1=O. The van der Waals surface area contributed by atoms with Gasteiger partial charge >= 0.3 is 0 Å². The maximum absolute atomic E-state index is 12.5. The predicted molar refractivity (Wildman–Crippen MR) is 116 cm³/mol. The molecule has 0 aliphatic carbocycles. The first-order valence-corrected chi connectivity index (χ1v) is 9.80. The summed E-state index contributed by atoms with van der Waals surface area (Å²) in [6.07, 6.45) is 0.762. The van der Waals surface area contributed by atoms with E-state index in [9.17, 15) is 14.4 Å². The number of carbonyl (C=O) groups excluding carboxylic acids is 2. The molecule has 154 valence electrons. The van der Waals surface area contributed by atoms with E-state index in [-0.39, 0.29) is 12.2 Å². The molecule has 3 aromatic rings. The van der Waals surface area contributed by atoms with E-state index in [4.69, 9.17) is 11.6 Å². The van der Waals surface area contributed by atoms with E-state index < -0.39 is 17.2 Å². The van der Waals surface area contributed by atoms with Crippen molar-refractivity contribution in [3.05, 3.63) is 86.8 Å². The molecule has 0 fully saturated rings. The van der Waals surface area contributed by atoms with Crippen LogP contribution in [0.3, 0.4) is 0 Å². The Balaban J connectivity index is 1.75. The summed E-state index contributed by atoms with van der Waals surface area (Å²) in [5.41, 5.74) is 1.89. The average molecular weight is 425 g/mol. The van der Waals surface area contributed by atoms with Crippen LogP contribution < -0.4 is 16.1 Å². The van der Waals surface area contributed by atoms with Crippen LogP contribution in [0, 0.1) is 6.92 Å². The van der Waals surface area contributed by atoms with Crippen molar-refractivity contribution >= 4 is 29.1 Å². The quantitative estimate of drug-likeness (QED) is 0.635. The molecule has 0 aliphatic heterocycles. The first-order chi connectivity index (χ1) is 14.4. The Hall–Kier alpha value is -3.45. The minimum Gasteiger partial charge on any atom is -0.341 e. The molecule has 30 heavy (non-hydrogen) atoms. The molecule has 3 rings (SSSR count). The van der Waals surface area contributed by atoms with Gasteiger partial charge in [-0.15, -0.1) is 0 Å². The molecule has 0 saturated carbocycles. The first-order valence-electron chi connectivity index (χ1n) is 9.42. The second-order valence-corrected chi connectivity index (χ2v) is 7.01. The number of amides is 2. The number of carbonyl (C=O) groups is 2. The molecule has 2 amide bonds. The maximum atomic E-state index is 12.5. The number of aryl methyl sites for hydroxylation is 2. The average Bonchev–Trinajstić information content (AvgIpc) is 2.73. The lowest BCUT2D eigenvalue weighted by Gasteiger charge is -2.13. The van der Waals surface area contributed by atoms with Crippen molar-refractivity contribution in [3.63, 3.8) is 0 Å². The van der Waals surface area contributed by atoms with Crippen molar-refractivity contribution in [2.75, 3.05) is 11.9 Å². The zero-order valence-electron chi connectivity index (χ0n) is 16.6. The number of nitrogens with zero attached hydrogens (tertiary/aromatic N) is 2. The largest absolute Gasteiger partial charge is 0.341 e. The van der Waals surface area contributed by atoms with Crippen LogP contribution in [0.4, 0.5) is 5.69 Å². The number of nitrogens with one attached hydrogen (secondary N) is 2. The van der Waals surface area contributed by atoms with Gasteiger partial charge in [0, 0.05) is 17.4 Å². The number of rotatable bonds is 6. The smallest absolute Gasteiger partial charge is 0.276 e. The topological polar surface area (TPSA) is 93.1 Å². The molecule has 7 nitrogen and oxygen atoms in total. The lowest BCUT2D eigenvalue weighted by Crippen LogP contribution is -2.37. The monoisotopic (exact) mass is 424 g/mol. The third-order valence-electron chi connectivity index (χ3n) is 4.49. The Morgan fingerprint density at radius 3 is 2.53 bits per heavy atom. The van der Waals surface area contributed by atoms with Gasteiger partial charge in [-0.3, -0.25) is 14.4 Å². The van der Waals surface area contributed by atoms with Crippen LogP contribution in [0.5, 0.6) is 0 Å². The first kappa shape index (κ1) is 21.3. The molecular formula is C22H21ClN4O3. The summed E-state index contributed by atoms with van der Waals surface area (Å²) in [5.74, 6) is -1.14. The molecule has 0 aliphatic rings. The lowest BCUT2D eigenvalue weighted by atomic mass is 10.1. The minimum atomic E-state index is -0.736. The fourth-order valence-electron chi connectivity index (χ4n) is 2.96. The summed E-state index contributed by atoms with van der Waals surface area (Å²) in [7, 11) is 0. The third kappa shape index (κ3) is 4.75. The van der Waals surface area contributed by atoms with Crippen molar-refractivity contribution in [1.82, 2.24) is 15.1 Å².